The van der Waals surface area contributed by atoms with Crippen LogP contribution in [-0.4, -0.2) is 47.4 Å². The van der Waals surface area contributed by atoms with Gasteiger partial charge in [0.2, 0.25) is 0 Å². The highest BCUT2D eigenvalue weighted by atomic mass is 16.5. The van der Waals surface area contributed by atoms with Crippen molar-refractivity contribution in [2.24, 2.45) is 0 Å². The zero-order valence-corrected chi connectivity index (χ0v) is 17.5. The molecule has 1 saturated carbocycles. The molecule has 2 aliphatic heterocycles. The number of amides is 2. The SMILES string of the molecule is CCCOc1ccc(C2=C(N3CCCC3)C(=O)N(C3CCCCCC3)C2=O)cc1. The molecule has 1 aromatic carbocycles. The van der Waals surface area contributed by atoms with Crippen molar-refractivity contribution in [2.45, 2.75) is 70.8 Å². The lowest BCUT2D eigenvalue weighted by molar-refractivity contribution is -0.140. The van der Waals surface area contributed by atoms with Crippen LogP contribution in [-0.2, 0) is 9.59 Å². The van der Waals surface area contributed by atoms with E-state index in [4.69, 9.17) is 4.74 Å². The van der Waals surface area contributed by atoms with Crippen LogP contribution >= 0.6 is 0 Å². The third-order valence-corrected chi connectivity index (χ3v) is 6.32. The van der Waals surface area contributed by atoms with Crippen molar-refractivity contribution in [1.29, 1.82) is 0 Å². The molecule has 29 heavy (non-hydrogen) atoms. The van der Waals surface area contributed by atoms with Crippen molar-refractivity contribution in [2.75, 3.05) is 19.7 Å². The van der Waals surface area contributed by atoms with Crippen molar-refractivity contribution in [3.8, 4) is 5.75 Å². The van der Waals surface area contributed by atoms with Crippen LogP contribution in [0.25, 0.3) is 5.57 Å². The Hall–Kier alpha value is -2.30. The van der Waals surface area contributed by atoms with Gasteiger partial charge in [0.15, 0.2) is 0 Å². The van der Waals surface area contributed by atoms with Gasteiger partial charge in [0, 0.05) is 19.1 Å². The number of benzene rings is 1. The van der Waals surface area contributed by atoms with E-state index in [0.29, 0.717) is 17.9 Å². The minimum absolute atomic E-state index is 0.0414. The molecule has 4 rings (SSSR count). The number of carbonyl (C=O) groups excluding carboxylic acids is 2. The number of hydrogen-bond acceptors (Lipinski definition) is 4. The highest BCUT2D eigenvalue weighted by molar-refractivity contribution is 6.35. The van der Waals surface area contributed by atoms with Gasteiger partial charge in [-0.25, -0.2) is 0 Å². The van der Waals surface area contributed by atoms with Crippen molar-refractivity contribution < 1.29 is 14.3 Å². The Bertz CT molecular complexity index is 770. The molecule has 1 aromatic rings. The quantitative estimate of drug-likeness (QED) is 0.529. The zero-order valence-electron chi connectivity index (χ0n) is 17.5. The Balaban J connectivity index is 1.67. The van der Waals surface area contributed by atoms with Crippen LogP contribution in [0.1, 0.15) is 70.3 Å². The smallest absolute Gasteiger partial charge is 0.278 e. The zero-order chi connectivity index (χ0) is 20.2. The first-order valence-electron chi connectivity index (χ1n) is 11.3. The van der Waals surface area contributed by atoms with E-state index < -0.39 is 0 Å². The molecule has 0 atom stereocenters. The molecule has 5 heteroatoms. The molecular weight excluding hydrogens is 364 g/mol. The standard InChI is InChI=1S/C24H32N2O3/c1-2-17-29-20-13-11-18(12-14-20)21-22(25-15-7-8-16-25)24(28)26(23(21)27)19-9-5-3-4-6-10-19/h11-14,19H,2-10,15-17H2,1H3. The summed E-state index contributed by atoms with van der Waals surface area (Å²) in [6, 6.07) is 7.72. The van der Waals surface area contributed by atoms with Crippen molar-refractivity contribution in [1.82, 2.24) is 9.80 Å². The summed E-state index contributed by atoms with van der Waals surface area (Å²) >= 11 is 0. The number of likely N-dealkylation sites (tertiary alicyclic amines) is 1. The van der Waals surface area contributed by atoms with Gasteiger partial charge >= 0.3 is 0 Å². The van der Waals surface area contributed by atoms with E-state index in [1.165, 1.54) is 12.8 Å². The molecule has 0 N–H and O–H groups in total. The Morgan fingerprint density at radius 1 is 0.897 bits per heavy atom. The maximum absolute atomic E-state index is 13.5. The lowest BCUT2D eigenvalue weighted by Crippen LogP contribution is -2.42. The molecule has 0 unspecified atom stereocenters. The fraction of sp³-hybridized carbons (Fsp3) is 0.583. The molecule has 1 saturated heterocycles. The predicted molar refractivity (Wildman–Crippen MR) is 113 cm³/mol. The van der Waals surface area contributed by atoms with Crippen molar-refractivity contribution in [3.05, 3.63) is 35.5 Å². The third kappa shape index (κ3) is 4.05. The van der Waals surface area contributed by atoms with Gasteiger partial charge in [0.05, 0.1) is 12.2 Å². The summed E-state index contributed by atoms with van der Waals surface area (Å²) in [5, 5.41) is 0. The van der Waals surface area contributed by atoms with Crippen LogP contribution in [0.5, 0.6) is 5.75 Å². The van der Waals surface area contributed by atoms with Crippen molar-refractivity contribution in [3.63, 3.8) is 0 Å². The second-order valence-electron chi connectivity index (χ2n) is 8.42. The lowest BCUT2D eigenvalue weighted by Gasteiger charge is -2.26. The Morgan fingerprint density at radius 2 is 1.55 bits per heavy atom. The predicted octanol–water partition coefficient (Wildman–Crippen LogP) is 4.37. The highest BCUT2D eigenvalue weighted by Gasteiger charge is 2.45. The number of rotatable bonds is 6. The van der Waals surface area contributed by atoms with E-state index in [2.05, 4.69) is 11.8 Å². The summed E-state index contributed by atoms with van der Waals surface area (Å²) in [5.74, 6) is 0.618. The average molecular weight is 397 g/mol. The van der Waals surface area contributed by atoms with Crippen LogP contribution in [0.3, 0.4) is 0 Å². The van der Waals surface area contributed by atoms with E-state index in [-0.39, 0.29) is 17.9 Å². The summed E-state index contributed by atoms with van der Waals surface area (Å²) < 4.78 is 5.69. The fourth-order valence-corrected chi connectivity index (χ4v) is 4.81. The first-order chi connectivity index (χ1) is 14.2. The summed E-state index contributed by atoms with van der Waals surface area (Å²) in [5.41, 5.74) is 2.03. The minimum Gasteiger partial charge on any atom is -0.494 e. The molecule has 5 nitrogen and oxygen atoms in total. The van der Waals surface area contributed by atoms with Gasteiger partial charge in [-0.3, -0.25) is 14.5 Å². The first-order valence-corrected chi connectivity index (χ1v) is 11.3. The Kier molecular flexibility index (Phi) is 6.22. The van der Waals surface area contributed by atoms with Gasteiger partial charge < -0.3 is 9.64 Å². The summed E-state index contributed by atoms with van der Waals surface area (Å²) in [7, 11) is 0. The second kappa shape index (κ2) is 9.02. The largest absolute Gasteiger partial charge is 0.494 e. The Morgan fingerprint density at radius 3 is 2.17 bits per heavy atom. The molecule has 2 amide bonds. The maximum Gasteiger partial charge on any atom is 0.278 e. The average Bonchev–Trinajstić information content (AvgIpc) is 3.24. The molecule has 2 fully saturated rings. The Labute approximate surface area is 173 Å². The van der Waals surface area contributed by atoms with Gasteiger partial charge in [-0.05, 0) is 49.8 Å². The van der Waals surface area contributed by atoms with E-state index in [9.17, 15) is 9.59 Å². The second-order valence-corrected chi connectivity index (χ2v) is 8.42. The van der Waals surface area contributed by atoms with Crippen LogP contribution < -0.4 is 4.74 Å². The first kappa shape index (κ1) is 20.0. The minimum atomic E-state index is -0.106. The molecule has 0 radical (unpaired) electrons. The summed E-state index contributed by atoms with van der Waals surface area (Å²) in [4.78, 5) is 30.8. The number of nitrogens with zero attached hydrogens (tertiary/aromatic N) is 2. The van der Waals surface area contributed by atoms with E-state index in [0.717, 1.165) is 69.3 Å². The third-order valence-electron chi connectivity index (χ3n) is 6.32. The normalized spacial score (nSPS) is 21.3. The maximum atomic E-state index is 13.5. The van der Waals surface area contributed by atoms with E-state index in [1.54, 1.807) is 4.90 Å². The molecule has 156 valence electrons. The highest BCUT2D eigenvalue weighted by Crippen LogP contribution is 2.37. The van der Waals surface area contributed by atoms with Gasteiger partial charge in [0.25, 0.3) is 11.8 Å². The number of carbonyl (C=O) groups is 2. The molecule has 3 aliphatic rings. The van der Waals surface area contributed by atoms with Crippen LogP contribution in [0.4, 0.5) is 0 Å². The van der Waals surface area contributed by atoms with Gasteiger partial charge in [0.1, 0.15) is 11.4 Å². The van der Waals surface area contributed by atoms with Gasteiger partial charge in [-0.15, -0.1) is 0 Å². The van der Waals surface area contributed by atoms with Crippen LogP contribution in [0, 0.1) is 0 Å². The summed E-state index contributed by atoms with van der Waals surface area (Å²) in [6.07, 6.45) is 9.56. The van der Waals surface area contributed by atoms with Gasteiger partial charge in [-0.1, -0.05) is 44.7 Å². The number of ether oxygens (including phenoxy) is 1. The van der Waals surface area contributed by atoms with Crippen LogP contribution in [0.2, 0.25) is 0 Å². The lowest BCUT2D eigenvalue weighted by atomic mass is 10.0. The number of hydrogen-bond donors (Lipinski definition) is 0. The summed E-state index contributed by atoms with van der Waals surface area (Å²) in [6.45, 7) is 4.46. The fourth-order valence-electron chi connectivity index (χ4n) is 4.81. The molecular formula is C24H32N2O3. The molecule has 0 spiro atoms. The molecule has 0 bridgehead atoms. The molecule has 2 heterocycles. The van der Waals surface area contributed by atoms with E-state index >= 15 is 0 Å². The van der Waals surface area contributed by atoms with Gasteiger partial charge in [-0.2, -0.15) is 0 Å². The topological polar surface area (TPSA) is 49.9 Å². The van der Waals surface area contributed by atoms with Crippen molar-refractivity contribution >= 4 is 17.4 Å². The van der Waals surface area contributed by atoms with Crippen LogP contribution in [0.15, 0.2) is 30.0 Å². The molecule has 1 aliphatic carbocycles. The number of imide groups is 1. The van der Waals surface area contributed by atoms with E-state index in [1.807, 2.05) is 24.3 Å². The molecule has 0 aromatic heterocycles. The monoisotopic (exact) mass is 396 g/mol.